The number of amides is 1. The van der Waals surface area contributed by atoms with E-state index in [1.54, 1.807) is 33.8 Å². The number of nitrogens with two attached hydrogens (primary N) is 1. The molecule has 0 saturated heterocycles. The molecule has 2 aromatic carbocycles. The first-order valence-electron chi connectivity index (χ1n) is 9.95. The number of benzene rings is 2. The second kappa shape index (κ2) is 10.0. The minimum absolute atomic E-state index is 0. The molecule has 0 radical (unpaired) electrons. The van der Waals surface area contributed by atoms with Crippen LogP contribution in [0.5, 0.6) is 0 Å². The predicted molar refractivity (Wildman–Crippen MR) is 115 cm³/mol. The van der Waals surface area contributed by atoms with Gasteiger partial charge >= 0.3 is 0 Å². The maximum Gasteiger partial charge on any atom is 0.224 e. The van der Waals surface area contributed by atoms with Gasteiger partial charge in [-0.1, -0.05) is 17.3 Å². The fourth-order valence-corrected chi connectivity index (χ4v) is 3.71. The van der Waals surface area contributed by atoms with Gasteiger partial charge in [0.05, 0.1) is 30.4 Å². The summed E-state index contributed by atoms with van der Waals surface area (Å²) in [6.45, 7) is 1.14. The van der Waals surface area contributed by atoms with Crippen LogP contribution in [0.1, 0.15) is 23.2 Å². The van der Waals surface area contributed by atoms with Crippen LogP contribution in [-0.2, 0) is 24.3 Å². The van der Waals surface area contributed by atoms with Gasteiger partial charge in [0.1, 0.15) is 11.5 Å². The van der Waals surface area contributed by atoms with Crippen LogP contribution < -0.4 is 5.73 Å². The monoisotopic (exact) mass is 476 g/mol. The highest BCUT2D eigenvalue weighted by Crippen LogP contribution is 2.25. The molecular formula is C22H20ClF3N6O. The van der Waals surface area contributed by atoms with Gasteiger partial charge in [-0.2, -0.15) is 5.26 Å². The highest BCUT2D eigenvalue weighted by Gasteiger charge is 2.27. The van der Waals surface area contributed by atoms with Crippen molar-refractivity contribution in [3.05, 3.63) is 70.7 Å². The van der Waals surface area contributed by atoms with Gasteiger partial charge in [-0.05, 0) is 30.2 Å². The maximum absolute atomic E-state index is 13.9. The summed E-state index contributed by atoms with van der Waals surface area (Å²) in [5.41, 5.74) is 8.62. The van der Waals surface area contributed by atoms with Gasteiger partial charge in [0.25, 0.3) is 0 Å². The van der Waals surface area contributed by atoms with Crippen LogP contribution in [0.2, 0.25) is 0 Å². The van der Waals surface area contributed by atoms with Crippen molar-refractivity contribution in [2.24, 2.45) is 5.73 Å². The second-order valence-electron chi connectivity index (χ2n) is 7.64. The van der Waals surface area contributed by atoms with E-state index in [9.17, 15) is 18.0 Å². The molecule has 0 bridgehead atoms. The molecule has 0 spiro atoms. The van der Waals surface area contributed by atoms with E-state index < -0.39 is 23.5 Å². The lowest BCUT2D eigenvalue weighted by atomic mass is 10.0. The molecule has 11 heteroatoms. The smallest absolute Gasteiger partial charge is 0.224 e. The summed E-state index contributed by atoms with van der Waals surface area (Å²) in [5, 5.41) is 17.3. The number of nitriles is 1. The molecule has 1 aliphatic rings. The van der Waals surface area contributed by atoms with Gasteiger partial charge in [0.2, 0.25) is 5.91 Å². The van der Waals surface area contributed by atoms with Gasteiger partial charge in [-0.3, -0.25) is 4.79 Å². The van der Waals surface area contributed by atoms with Crippen LogP contribution in [-0.4, -0.2) is 38.4 Å². The van der Waals surface area contributed by atoms with Crippen molar-refractivity contribution in [2.45, 2.75) is 32.0 Å². The molecule has 0 fully saturated rings. The van der Waals surface area contributed by atoms with Gasteiger partial charge in [-0.25, -0.2) is 17.9 Å². The van der Waals surface area contributed by atoms with Gasteiger partial charge < -0.3 is 10.6 Å². The van der Waals surface area contributed by atoms with Gasteiger partial charge in [0.15, 0.2) is 11.6 Å². The molecule has 0 unspecified atom stereocenters. The van der Waals surface area contributed by atoms with Crippen LogP contribution in [0.4, 0.5) is 13.2 Å². The largest absolute Gasteiger partial charge is 0.335 e. The van der Waals surface area contributed by atoms with Crippen molar-refractivity contribution in [1.82, 2.24) is 19.9 Å². The van der Waals surface area contributed by atoms with E-state index >= 15 is 0 Å². The zero-order chi connectivity index (χ0) is 22.8. The number of halogens is 4. The minimum atomic E-state index is -1.27. The fraction of sp³-hybridized carbons (Fsp3) is 0.273. The van der Waals surface area contributed by atoms with Crippen molar-refractivity contribution in [3.63, 3.8) is 0 Å². The Balaban J connectivity index is 0.00000306. The lowest BCUT2D eigenvalue weighted by Gasteiger charge is -2.28. The Labute approximate surface area is 194 Å². The average molecular weight is 477 g/mol. The number of aromatic nitrogens is 3. The predicted octanol–water partition coefficient (Wildman–Crippen LogP) is 2.96. The normalized spacial score (nSPS) is 13.6. The van der Waals surface area contributed by atoms with E-state index in [4.69, 9.17) is 11.0 Å². The Bertz CT molecular complexity index is 1210. The van der Waals surface area contributed by atoms with Gasteiger partial charge in [-0.15, -0.1) is 17.5 Å². The van der Waals surface area contributed by atoms with E-state index in [1.807, 2.05) is 0 Å². The third-order valence-electron chi connectivity index (χ3n) is 5.41. The molecule has 4 rings (SSSR count). The van der Waals surface area contributed by atoms with E-state index in [1.165, 1.54) is 0 Å². The first-order valence-corrected chi connectivity index (χ1v) is 9.95. The van der Waals surface area contributed by atoms with Crippen molar-refractivity contribution < 1.29 is 18.0 Å². The first-order chi connectivity index (χ1) is 15.4. The Kier molecular flexibility index (Phi) is 7.36. The SMILES string of the molecule is Cl.N#Cc1ccc(-c2nnn3c2CN(C(=O)C[C@H](N)Cc2cc(F)c(F)cc2F)CC3)cc1. The molecule has 1 atom stereocenters. The molecule has 2 heterocycles. The van der Waals surface area contributed by atoms with Gasteiger partial charge in [0, 0.05) is 30.6 Å². The first kappa shape index (κ1) is 24.2. The van der Waals surface area contributed by atoms with E-state index in [2.05, 4.69) is 16.4 Å². The zero-order valence-electron chi connectivity index (χ0n) is 17.3. The maximum atomic E-state index is 13.9. The number of carbonyl (C=O) groups is 1. The van der Waals surface area contributed by atoms with Crippen LogP contribution in [0.15, 0.2) is 36.4 Å². The zero-order valence-corrected chi connectivity index (χ0v) is 18.2. The van der Waals surface area contributed by atoms with Crippen molar-refractivity contribution in [1.29, 1.82) is 5.26 Å². The Morgan fingerprint density at radius 3 is 2.52 bits per heavy atom. The third-order valence-corrected chi connectivity index (χ3v) is 5.41. The summed E-state index contributed by atoms with van der Waals surface area (Å²) >= 11 is 0. The molecular weight excluding hydrogens is 457 g/mol. The summed E-state index contributed by atoms with van der Waals surface area (Å²) in [6, 6.07) is 9.46. The molecule has 0 aliphatic carbocycles. The molecule has 0 saturated carbocycles. The molecule has 172 valence electrons. The molecule has 3 aromatic rings. The third kappa shape index (κ3) is 5.16. The quantitative estimate of drug-likeness (QED) is 0.570. The number of carbonyl (C=O) groups excluding carboxylic acids is 1. The summed E-state index contributed by atoms with van der Waals surface area (Å²) in [6.07, 6.45) is -0.176. The van der Waals surface area contributed by atoms with E-state index in [0.717, 1.165) is 17.3 Å². The van der Waals surface area contributed by atoms with Crippen molar-refractivity contribution >= 4 is 18.3 Å². The number of rotatable bonds is 5. The summed E-state index contributed by atoms with van der Waals surface area (Å²) in [4.78, 5) is 14.4. The van der Waals surface area contributed by atoms with Crippen LogP contribution in [0.25, 0.3) is 11.3 Å². The highest BCUT2D eigenvalue weighted by atomic mass is 35.5. The average Bonchev–Trinajstić information content (AvgIpc) is 3.20. The summed E-state index contributed by atoms with van der Waals surface area (Å²) in [7, 11) is 0. The molecule has 2 N–H and O–H groups in total. The Morgan fingerprint density at radius 1 is 1.12 bits per heavy atom. The number of hydrogen-bond acceptors (Lipinski definition) is 5. The summed E-state index contributed by atoms with van der Waals surface area (Å²) < 4.78 is 42.1. The fourth-order valence-electron chi connectivity index (χ4n) is 3.71. The summed E-state index contributed by atoms with van der Waals surface area (Å²) in [5.74, 6) is -3.56. The number of nitrogens with zero attached hydrogens (tertiary/aromatic N) is 5. The molecule has 33 heavy (non-hydrogen) atoms. The number of fused-ring (bicyclic) bond motifs is 1. The molecule has 1 amide bonds. The lowest BCUT2D eigenvalue weighted by molar-refractivity contribution is -0.133. The number of hydrogen-bond donors (Lipinski definition) is 1. The van der Waals surface area contributed by atoms with Crippen LogP contribution >= 0.6 is 12.4 Å². The Morgan fingerprint density at radius 2 is 1.82 bits per heavy atom. The van der Waals surface area contributed by atoms with Crippen molar-refractivity contribution in [3.8, 4) is 17.3 Å². The molecule has 7 nitrogen and oxygen atoms in total. The molecule has 1 aliphatic heterocycles. The van der Waals surface area contributed by atoms with E-state index in [-0.39, 0.29) is 43.3 Å². The minimum Gasteiger partial charge on any atom is -0.335 e. The Hall–Kier alpha value is -3.42. The molecule has 1 aromatic heterocycles. The standard InChI is InChI=1S/C22H19F3N6O.ClH/c23-17-10-19(25)18(24)8-15(17)7-16(27)9-21(32)30-5-6-31-20(12-30)22(28-29-31)14-3-1-13(11-26)2-4-14;/h1-4,8,10,16H,5-7,9,12,27H2;1H/t16-;/m1./s1. The highest BCUT2D eigenvalue weighted by molar-refractivity contribution is 5.85. The van der Waals surface area contributed by atoms with E-state index in [0.29, 0.717) is 30.4 Å². The van der Waals surface area contributed by atoms with Crippen molar-refractivity contribution in [2.75, 3.05) is 6.54 Å². The lowest BCUT2D eigenvalue weighted by Crippen LogP contribution is -2.41. The second-order valence-corrected chi connectivity index (χ2v) is 7.64. The van der Waals surface area contributed by atoms with Crippen LogP contribution in [0, 0.1) is 28.8 Å². The van der Waals surface area contributed by atoms with Crippen LogP contribution in [0.3, 0.4) is 0 Å². The topological polar surface area (TPSA) is 101 Å².